The molecule has 3 N–H and O–H groups in total. The van der Waals surface area contributed by atoms with Gasteiger partial charge in [0.15, 0.2) is 0 Å². The molecule has 4 rings (SSSR count). The van der Waals surface area contributed by atoms with Gasteiger partial charge in [0.1, 0.15) is 11.5 Å². The number of halogens is 3. The molecule has 0 heterocycles. The van der Waals surface area contributed by atoms with Crippen molar-refractivity contribution >= 4 is 11.8 Å². The number of carbonyl (C=O) groups excluding carboxylic acids is 2. The Bertz CT molecular complexity index is 1220. The molecule has 2 unspecified atom stereocenters. The lowest BCUT2D eigenvalue weighted by Gasteiger charge is -2.33. The fourth-order valence-corrected chi connectivity index (χ4v) is 4.45. The third-order valence-corrected chi connectivity index (χ3v) is 6.44. The Labute approximate surface area is 219 Å². The zero-order valence-corrected chi connectivity index (χ0v) is 20.8. The first-order valence-electron chi connectivity index (χ1n) is 12.6. The maximum absolute atomic E-state index is 12.9. The van der Waals surface area contributed by atoms with Gasteiger partial charge >= 0.3 is 6.18 Å². The Morgan fingerprint density at radius 1 is 0.842 bits per heavy atom. The highest BCUT2D eigenvalue weighted by atomic mass is 19.4. The zero-order chi connectivity index (χ0) is 27.0. The molecule has 0 aromatic heterocycles. The van der Waals surface area contributed by atoms with Crippen molar-refractivity contribution in [1.29, 1.82) is 0 Å². The van der Waals surface area contributed by atoms with Gasteiger partial charge in [-0.2, -0.15) is 13.2 Å². The molecule has 0 saturated heterocycles. The molecule has 0 spiro atoms. The van der Waals surface area contributed by atoms with Crippen molar-refractivity contribution < 1.29 is 27.5 Å². The average Bonchev–Trinajstić information content (AvgIpc) is 2.92. The van der Waals surface area contributed by atoms with E-state index in [1.54, 1.807) is 0 Å². The third kappa shape index (κ3) is 7.82. The van der Waals surface area contributed by atoms with E-state index in [0.717, 1.165) is 54.9 Å². The van der Waals surface area contributed by atoms with Crippen molar-refractivity contribution in [3.05, 3.63) is 95.6 Å². The molecule has 3 aromatic rings. The van der Waals surface area contributed by atoms with Crippen molar-refractivity contribution in [3.63, 3.8) is 0 Å². The third-order valence-electron chi connectivity index (χ3n) is 6.44. The summed E-state index contributed by atoms with van der Waals surface area (Å²) in [5.74, 6) is 0.399. The number of amides is 2. The molecule has 0 aliphatic heterocycles. The van der Waals surface area contributed by atoms with Crippen LogP contribution in [-0.2, 0) is 17.5 Å². The van der Waals surface area contributed by atoms with Crippen LogP contribution in [0.1, 0.15) is 47.2 Å². The number of rotatable bonds is 9. The normalized spacial score (nSPS) is 17.4. The maximum atomic E-state index is 12.9. The van der Waals surface area contributed by atoms with Gasteiger partial charge < -0.3 is 20.7 Å². The summed E-state index contributed by atoms with van der Waals surface area (Å²) in [5.41, 5.74) is 0.0171. The van der Waals surface area contributed by atoms with Crippen LogP contribution in [0.4, 0.5) is 13.2 Å². The standard InChI is InChI=1S/C29H30F3N3O3/c30-29(31,32)22-8-6-7-21(17-22)28(37)34-19-27(36)35-26-12-5-4-11-25(26)33-18-20-13-15-24(16-14-20)38-23-9-2-1-3-10-23/h1-3,6-10,13-17,25-26,33H,4-5,11-12,18-19H2,(H,34,37)(H,35,36). The molecule has 2 amide bonds. The quantitative estimate of drug-likeness (QED) is 0.347. The van der Waals surface area contributed by atoms with E-state index >= 15 is 0 Å². The van der Waals surface area contributed by atoms with Gasteiger partial charge in [-0.25, -0.2) is 0 Å². The Hall–Kier alpha value is -3.85. The molecule has 9 heteroatoms. The average molecular weight is 526 g/mol. The van der Waals surface area contributed by atoms with Gasteiger partial charge in [-0.15, -0.1) is 0 Å². The topological polar surface area (TPSA) is 79.5 Å². The number of nitrogens with one attached hydrogen (secondary N) is 3. The second-order valence-electron chi connectivity index (χ2n) is 9.27. The summed E-state index contributed by atoms with van der Waals surface area (Å²) in [5, 5.41) is 8.90. The number of para-hydroxylation sites is 1. The van der Waals surface area contributed by atoms with Gasteiger partial charge in [-0.1, -0.05) is 49.2 Å². The highest BCUT2D eigenvalue weighted by Crippen LogP contribution is 2.29. The molecule has 0 bridgehead atoms. The minimum atomic E-state index is -4.55. The molecule has 0 radical (unpaired) electrons. The minimum Gasteiger partial charge on any atom is -0.457 e. The number of carbonyl (C=O) groups is 2. The van der Waals surface area contributed by atoms with Crippen molar-refractivity contribution in [3.8, 4) is 11.5 Å². The van der Waals surface area contributed by atoms with Crippen LogP contribution in [0.3, 0.4) is 0 Å². The summed E-state index contributed by atoms with van der Waals surface area (Å²) >= 11 is 0. The van der Waals surface area contributed by atoms with Gasteiger partial charge in [-0.3, -0.25) is 9.59 Å². The zero-order valence-electron chi connectivity index (χ0n) is 20.8. The number of benzene rings is 3. The van der Waals surface area contributed by atoms with Crippen LogP contribution in [0, 0.1) is 0 Å². The predicted molar refractivity (Wildman–Crippen MR) is 138 cm³/mol. The van der Waals surface area contributed by atoms with E-state index in [2.05, 4.69) is 16.0 Å². The Kier molecular flexibility index (Phi) is 9.02. The van der Waals surface area contributed by atoms with Crippen LogP contribution < -0.4 is 20.7 Å². The van der Waals surface area contributed by atoms with Crippen LogP contribution in [0.25, 0.3) is 0 Å². The van der Waals surface area contributed by atoms with Gasteiger partial charge in [0.05, 0.1) is 12.1 Å². The molecule has 1 fully saturated rings. The molecule has 200 valence electrons. The Morgan fingerprint density at radius 2 is 1.53 bits per heavy atom. The lowest BCUT2D eigenvalue weighted by molar-refractivity contribution is -0.137. The fraction of sp³-hybridized carbons (Fsp3) is 0.310. The summed E-state index contributed by atoms with van der Waals surface area (Å²) in [7, 11) is 0. The maximum Gasteiger partial charge on any atom is 0.416 e. The first kappa shape index (κ1) is 27.2. The summed E-state index contributed by atoms with van der Waals surface area (Å²) in [4.78, 5) is 24.8. The molecular weight excluding hydrogens is 495 g/mol. The number of hydrogen-bond donors (Lipinski definition) is 3. The van der Waals surface area contributed by atoms with Crippen LogP contribution in [-0.4, -0.2) is 30.4 Å². The smallest absolute Gasteiger partial charge is 0.416 e. The molecule has 3 aromatic carbocycles. The Balaban J connectivity index is 1.25. The highest BCUT2D eigenvalue weighted by molar-refractivity contribution is 5.96. The van der Waals surface area contributed by atoms with Crippen LogP contribution in [0.15, 0.2) is 78.9 Å². The van der Waals surface area contributed by atoms with Crippen molar-refractivity contribution in [2.24, 2.45) is 0 Å². The van der Waals surface area contributed by atoms with Crippen LogP contribution in [0.2, 0.25) is 0 Å². The number of hydrogen-bond acceptors (Lipinski definition) is 4. The lowest BCUT2D eigenvalue weighted by Crippen LogP contribution is -2.53. The van der Waals surface area contributed by atoms with Gasteiger partial charge in [0, 0.05) is 24.2 Å². The fourth-order valence-electron chi connectivity index (χ4n) is 4.45. The SMILES string of the molecule is O=C(CNC(=O)c1cccc(C(F)(F)F)c1)NC1CCCCC1NCc1ccc(Oc2ccccc2)cc1. The summed E-state index contributed by atoms with van der Waals surface area (Å²) in [6.45, 7) is 0.302. The molecule has 38 heavy (non-hydrogen) atoms. The van der Waals surface area contributed by atoms with Crippen LogP contribution >= 0.6 is 0 Å². The second kappa shape index (κ2) is 12.6. The van der Waals surface area contributed by atoms with E-state index in [9.17, 15) is 22.8 Å². The lowest BCUT2D eigenvalue weighted by atomic mass is 9.90. The van der Waals surface area contributed by atoms with Crippen molar-refractivity contribution in [1.82, 2.24) is 16.0 Å². The van der Waals surface area contributed by atoms with Crippen molar-refractivity contribution in [2.75, 3.05) is 6.54 Å². The largest absolute Gasteiger partial charge is 0.457 e. The summed E-state index contributed by atoms with van der Waals surface area (Å²) in [6, 6.07) is 21.4. The molecule has 1 aliphatic carbocycles. The van der Waals surface area contributed by atoms with E-state index in [1.165, 1.54) is 12.1 Å². The van der Waals surface area contributed by atoms with E-state index in [-0.39, 0.29) is 30.1 Å². The van der Waals surface area contributed by atoms with Gasteiger partial charge in [0.25, 0.3) is 5.91 Å². The van der Waals surface area contributed by atoms with Crippen molar-refractivity contribution in [2.45, 2.75) is 50.5 Å². The number of ether oxygens (including phenoxy) is 1. The second-order valence-corrected chi connectivity index (χ2v) is 9.27. The minimum absolute atomic E-state index is 0.0621. The number of alkyl halides is 3. The van der Waals surface area contributed by atoms with Gasteiger partial charge in [0.2, 0.25) is 5.91 Å². The van der Waals surface area contributed by atoms with Gasteiger partial charge in [-0.05, 0) is 60.9 Å². The highest BCUT2D eigenvalue weighted by Gasteiger charge is 2.31. The predicted octanol–water partition coefficient (Wildman–Crippen LogP) is 5.44. The summed E-state index contributed by atoms with van der Waals surface area (Å²) < 4.78 is 44.5. The van der Waals surface area contributed by atoms with E-state index in [1.807, 2.05) is 54.6 Å². The first-order chi connectivity index (χ1) is 18.3. The van der Waals surface area contributed by atoms with E-state index in [0.29, 0.717) is 6.54 Å². The van der Waals surface area contributed by atoms with E-state index < -0.39 is 17.6 Å². The molecule has 2 atom stereocenters. The van der Waals surface area contributed by atoms with E-state index in [4.69, 9.17) is 4.74 Å². The molecule has 1 aliphatic rings. The molecule has 1 saturated carbocycles. The first-order valence-corrected chi connectivity index (χ1v) is 12.6. The summed E-state index contributed by atoms with van der Waals surface area (Å²) in [6.07, 6.45) is -0.828. The molecule has 6 nitrogen and oxygen atoms in total. The van der Waals surface area contributed by atoms with Crippen LogP contribution in [0.5, 0.6) is 11.5 Å². The Morgan fingerprint density at radius 3 is 2.24 bits per heavy atom. The monoisotopic (exact) mass is 525 g/mol. The molecular formula is C29H30F3N3O3.